The number of hydrogen-bond donors (Lipinski definition) is 0. The zero-order chi connectivity index (χ0) is 20.9. The van der Waals surface area contributed by atoms with Crippen molar-refractivity contribution in [2.45, 2.75) is 17.9 Å². The van der Waals surface area contributed by atoms with E-state index < -0.39 is 0 Å². The Balaban J connectivity index is 1.35. The SMILES string of the molecule is COc1ccc(CN2CCCN(C(=O)CN3C(=O)CSc4ccccc43)CC2)cc1. The molecule has 1 saturated heterocycles. The van der Waals surface area contributed by atoms with Crippen LogP contribution in [0.25, 0.3) is 0 Å². The van der Waals surface area contributed by atoms with Crippen LogP contribution in [0.1, 0.15) is 12.0 Å². The largest absolute Gasteiger partial charge is 0.497 e. The van der Waals surface area contributed by atoms with Gasteiger partial charge in [-0.05, 0) is 36.2 Å². The molecular weight excluding hydrogens is 398 g/mol. The van der Waals surface area contributed by atoms with Crippen molar-refractivity contribution in [1.29, 1.82) is 0 Å². The van der Waals surface area contributed by atoms with Crippen LogP contribution in [0, 0.1) is 0 Å². The van der Waals surface area contributed by atoms with Crippen molar-refractivity contribution in [2.75, 3.05) is 50.5 Å². The van der Waals surface area contributed by atoms with Gasteiger partial charge in [-0.15, -0.1) is 11.8 Å². The van der Waals surface area contributed by atoms with Crippen LogP contribution in [0.15, 0.2) is 53.4 Å². The van der Waals surface area contributed by atoms with E-state index in [0.717, 1.165) is 48.9 Å². The molecule has 0 saturated carbocycles. The molecule has 6 nitrogen and oxygen atoms in total. The summed E-state index contributed by atoms with van der Waals surface area (Å²) in [6.07, 6.45) is 0.933. The van der Waals surface area contributed by atoms with Gasteiger partial charge in [0.1, 0.15) is 12.3 Å². The summed E-state index contributed by atoms with van der Waals surface area (Å²) in [5, 5.41) is 0. The minimum absolute atomic E-state index is 0.00278. The summed E-state index contributed by atoms with van der Waals surface area (Å²) in [6.45, 7) is 4.19. The minimum Gasteiger partial charge on any atom is -0.497 e. The fourth-order valence-corrected chi connectivity index (χ4v) is 4.87. The molecule has 0 N–H and O–H groups in total. The van der Waals surface area contributed by atoms with Crippen LogP contribution >= 0.6 is 11.8 Å². The van der Waals surface area contributed by atoms with E-state index in [4.69, 9.17) is 4.74 Å². The van der Waals surface area contributed by atoms with Crippen molar-refractivity contribution in [3.05, 3.63) is 54.1 Å². The number of rotatable bonds is 5. The molecule has 30 heavy (non-hydrogen) atoms. The van der Waals surface area contributed by atoms with Crippen molar-refractivity contribution in [2.24, 2.45) is 0 Å². The lowest BCUT2D eigenvalue weighted by molar-refractivity contribution is -0.131. The average molecular weight is 426 g/mol. The molecule has 2 aliphatic rings. The first-order valence-electron chi connectivity index (χ1n) is 10.3. The van der Waals surface area contributed by atoms with E-state index in [0.29, 0.717) is 12.3 Å². The number of methoxy groups -OCH3 is 1. The molecule has 0 aliphatic carbocycles. The van der Waals surface area contributed by atoms with Crippen molar-refractivity contribution in [3.8, 4) is 5.75 Å². The van der Waals surface area contributed by atoms with Gasteiger partial charge >= 0.3 is 0 Å². The van der Waals surface area contributed by atoms with Gasteiger partial charge in [0.15, 0.2) is 0 Å². The number of para-hydroxylation sites is 1. The van der Waals surface area contributed by atoms with Crippen LogP contribution in [0.3, 0.4) is 0 Å². The van der Waals surface area contributed by atoms with E-state index in [1.54, 1.807) is 12.0 Å². The topological polar surface area (TPSA) is 53.1 Å². The van der Waals surface area contributed by atoms with E-state index >= 15 is 0 Å². The van der Waals surface area contributed by atoms with Crippen LogP contribution < -0.4 is 9.64 Å². The maximum absolute atomic E-state index is 13.0. The van der Waals surface area contributed by atoms with E-state index in [1.165, 1.54) is 17.3 Å². The van der Waals surface area contributed by atoms with Gasteiger partial charge in [-0.25, -0.2) is 0 Å². The molecule has 2 aromatic carbocycles. The predicted molar refractivity (Wildman–Crippen MR) is 119 cm³/mol. The monoisotopic (exact) mass is 425 g/mol. The lowest BCUT2D eigenvalue weighted by atomic mass is 10.2. The Labute approximate surface area is 181 Å². The standard InChI is InChI=1S/C23H27N3O3S/c1-29-19-9-7-18(8-10-19)15-24-11-4-12-25(14-13-24)22(27)16-26-20-5-2-3-6-21(20)30-17-23(26)28/h2-3,5-10H,4,11-17H2,1H3. The summed E-state index contributed by atoms with van der Waals surface area (Å²) in [7, 11) is 1.67. The molecule has 0 atom stereocenters. The van der Waals surface area contributed by atoms with Crippen LogP contribution in [0.4, 0.5) is 5.69 Å². The molecule has 7 heteroatoms. The van der Waals surface area contributed by atoms with Crippen molar-refractivity contribution >= 4 is 29.3 Å². The minimum atomic E-state index is 0.00278. The van der Waals surface area contributed by atoms with Crippen molar-refractivity contribution in [3.63, 3.8) is 0 Å². The number of carbonyl (C=O) groups is 2. The normalized spacial score (nSPS) is 17.4. The van der Waals surface area contributed by atoms with Gasteiger partial charge in [0.05, 0.1) is 18.6 Å². The second kappa shape index (κ2) is 9.53. The highest BCUT2D eigenvalue weighted by molar-refractivity contribution is 8.00. The molecule has 4 rings (SSSR count). The van der Waals surface area contributed by atoms with E-state index in [2.05, 4.69) is 17.0 Å². The highest BCUT2D eigenvalue weighted by Crippen LogP contribution is 2.34. The Morgan fingerprint density at radius 3 is 2.63 bits per heavy atom. The van der Waals surface area contributed by atoms with Gasteiger partial charge < -0.3 is 14.5 Å². The van der Waals surface area contributed by atoms with Crippen LogP contribution in [-0.2, 0) is 16.1 Å². The Kier molecular flexibility index (Phi) is 6.59. The molecule has 0 aromatic heterocycles. The lowest BCUT2D eigenvalue weighted by Gasteiger charge is -2.30. The summed E-state index contributed by atoms with van der Waals surface area (Å²) in [6, 6.07) is 15.9. The maximum Gasteiger partial charge on any atom is 0.242 e. The van der Waals surface area contributed by atoms with Gasteiger partial charge in [-0.2, -0.15) is 0 Å². The number of thioether (sulfide) groups is 1. The number of benzene rings is 2. The summed E-state index contributed by atoms with van der Waals surface area (Å²) < 4.78 is 5.22. The number of fused-ring (bicyclic) bond motifs is 1. The Hall–Kier alpha value is -2.51. The van der Waals surface area contributed by atoms with Crippen LogP contribution in [-0.4, -0.2) is 67.2 Å². The van der Waals surface area contributed by atoms with Gasteiger partial charge in [-0.1, -0.05) is 24.3 Å². The third kappa shape index (κ3) is 4.79. The van der Waals surface area contributed by atoms with E-state index in [1.807, 2.05) is 41.3 Å². The smallest absolute Gasteiger partial charge is 0.242 e. The van der Waals surface area contributed by atoms with E-state index in [9.17, 15) is 9.59 Å². The number of hydrogen-bond acceptors (Lipinski definition) is 5. The van der Waals surface area contributed by atoms with Gasteiger partial charge in [0, 0.05) is 37.6 Å². The molecule has 2 aromatic rings. The van der Waals surface area contributed by atoms with E-state index in [-0.39, 0.29) is 18.4 Å². The third-order valence-corrected chi connectivity index (χ3v) is 6.66. The summed E-state index contributed by atoms with van der Waals surface area (Å²) >= 11 is 1.54. The molecule has 158 valence electrons. The zero-order valence-corrected chi connectivity index (χ0v) is 18.1. The number of anilines is 1. The fraction of sp³-hybridized carbons (Fsp3) is 0.391. The molecule has 0 spiro atoms. The first-order chi connectivity index (χ1) is 14.6. The van der Waals surface area contributed by atoms with Crippen LogP contribution in [0.5, 0.6) is 5.75 Å². The highest BCUT2D eigenvalue weighted by Gasteiger charge is 2.28. The Morgan fingerprint density at radius 1 is 1.03 bits per heavy atom. The second-order valence-electron chi connectivity index (χ2n) is 7.59. The van der Waals surface area contributed by atoms with Gasteiger partial charge in [-0.3, -0.25) is 14.5 Å². The number of ether oxygens (including phenoxy) is 1. The van der Waals surface area contributed by atoms with Crippen LogP contribution in [0.2, 0.25) is 0 Å². The molecule has 0 radical (unpaired) electrons. The first-order valence-corrected chi connectivity index (χ1v) is 11.3. The second-order valence-corrected chi connectivity index (χ2v) is 8.61. The summed E-state index contributed by atoms with van der Waals surface area (Å²) in [5.74, 6) is 1.28. The highest BCUT2D eigenvalue weighted by atomic mass is 32.2. The first kappa shape index (κ1) is 20.8. The van der Waals surface area contributed by atoms with Gasteiger partial charge in [0.25, 0.3) is 0 Å². The van der Waals surface area contributed by atoms with Crippen molar-refractivity contribution < 1.29 is 14.3 Å². The molecule has 0 bridgehead atoms. The molecule has 2 aliphatic heterocycles. The lowest BCUT2D eigenvalue weighted by Crippen LogP contribution is -2.46. The fourth-order valence-electron chi connectivity index (χ4n) is 3.93. The molecule has 0 unspecified atom stereocenters. The molecule has 2 amide bonds. The summed E-state index contributed by atoms with van der Waals surface area (Å²) in [4.78, 5) is 32.5. The Bertz CT molecular complexity index is 903. The van der Waals surface area contributed by atoms with Crippen molar-refractivity contribution in [1.82, 2.24) is 9.80 Å². The molecular formula is C23H27N3O3S. The number of carbonyl (C=O) groups excluding carboxylic acids is 2. The summed E-state index contributed by atoms with van der Waals surface area (Å²) in [5.41, 5.74) is 2.09. The molecule has 2 heterocycles. The third-order valence-electron chi connectivity index (χ3n) is 5.61. The van der Waals surface area contributed by atoms with Gasteiger partial charge in [0.2, 0.25) is 11.8 Å². The average Bonchev–Trinajstić information content (AvgIpc) is 3.02. The zero-order valence-electron chi connectivity index (χ0n) is 17.3. The number of nitrogens with zero attached hydrogens (tertiary/aromatic N) is 3. The quantitative estimate of drug-likeness (QED) is 0.737. The predicted octanol–water partition coefficient (Wildman–Crippen LogP) is 2.87. The number of amides is 2. The molecule has 1 fully saturated rings. The maximum atomic E-state index is 13.0. The Morgan fingerprint density at radius 2 is 1.83 bits per heavy atom.